The summed E-state index contributed by atoms with van der Waals surface area (Å²) < 4.78 is 5.03. The first kappa shape index (κ1) is 19.9. The summed E-state index contributed by atoms with van der Waals surface area (Å²) in [5.41, 5.74) is 3.53. The molecule has 0 fully saturated rings. The quantitative estimate of drug-likeness (QED) is 0.586. The van der Waals surface area contributed by atoms with Crippen LogP contribution in [0.2, 0.25) is 0 Å². The average Bonchev–Trinajstić information content (AvgIpc) is 2.79. The first-order valence-electron chi connectivity index (χ1n) is 10.2. The molecule has 152 valence electrons. The third-order valence-corrected chi connectivity index (χ3v) is 5.83. The van der Waals surface area contributed by atoms with Gasteiger partial charge in [0.25, 0.3) is 0 Å². The first-order valence-corrected chi connectivity index (χ1v) is 10.2. The van der Waals surface area contributed by atoms with Gasteiger partial charge in [-0.2, -0.15) is 0 Å². The van der Waals surface area contributed by atoms with E-state index in [0.29, 0.717) is 6.42 Å². The molecule has 0 saturated heterocycles. The molecule has 0 aliphatic carbocycles. The Morgan fingerprint density at radius 3 is 1.97 bits per heavy atom. The van der Waals surface area contributed by atoms with Crippen molar-refractivity contribution in [3.63, 3.8) is 0 Å². The minimum atomic E-state index is -0.419. The molecule has 0 saturated carbocycles. The highest BCUT2D eigenvalue weighted by Gasteiger charge is 2.40. The topological polar surface area (TPSA) is 46.6 Å². The number of amides is 1. The van der Waals surface area contributed by atoms with Crippen molar-refractivity contribution in [3.8, 4) is 0 Å². The van der Waals surface area contributed by atoms with Gasteiger partial charge in [-0.15, -0.1) is 0 Å². The van der Waals surface area contributed by atoms with Crippen molar-refractivity contribution in [2.45, 2.75) is 31.2 Å². The number of esters is 1. The normalized spacial score (nSPS) is 18.0. The second-order valence-electron chi connectivity index (χ2n) is 7.68. The van der Waals surface area contributed by atoms with Gasteiger partial charge in [0.15, 0.2) is 0 Å². The zero-order valence-corrected chi connectivity index (χ0v) is 17.2. The van der Waals surface area contributed by atoms with E-state index in [2.05, 4.69) is 0 Å². The van der Waals surface area contributed by atoms with Gasteiger partial charge in [0, 0.05) is 11.7 Å². The van der Waals surface area contributed by atoms with Crippen LogP contribution in [0.5, 0.6) is 0 Å². The van der Waals surface area contributed by atoms with Gasteiger partial charge in [0.1, 0.15) is 0 Å². The highest BCUT2D eigenvalue weighted by molar-refractivity contribution is 6.02. The molecule has 0 bridgehead atoms. The largest absolute Gasteiger partial charge is 0.469 e. The fourth-order valence-electron chi connectivity index (χ4n) is 4.42. The molecule has 1 heterocycles. The van der Waals surface area contributed by atoms with Crippen molar-refractivity contribution >= 4 is 17.6 Å². The molecular weight excluding hydrogens is 374 g/mol. The van der Waals surface area contributed by atoms with E-state index < -0.39 is 5.92 Å². The SMILES string of the molecule is COC(=O)C1CC(C)N(C(=O)C(c2ccccc2)c2ccccc2)c2ccccc21. The summed E-state index contributed by atoms with van der Waals surface area (Å²) in [6.07, 6.45) is 0.533. The third kappa shape index (κ3) is 3.61. The predicted octanol–water partition coefficient (Wildman–Crippen LogP) is 4.90. The minimum Gasteiger partial charge on any atom is -0.469 e. The van der Waals surface area contributed by atoms with Crippen LogP contribution in [-0.2, 0) is 14.3 Å². The van der Waals surface area contributed by atoms with E-state index >= 15 is 0 Å². The minimum absolute atomic E-state index is 0.00988. The Morgan fingerprint density at radius 2 is 1.40 bits per heavy atom. The summed E-state index contributed by atoms with van der Waals surface area (Å²) in [6.45, 7) is 2.00. The summed E-state index contributed by atoms with van der Waals surface area (Å²) in [7, 11) is 1.41. The van der Waals surface area contributed by atoms with Crippen LogP contribution in [0.3, 0.4) is 0 Å². The van der Waals surface area contributed by atoms with E-state index in [9.17, 15) is 9.59 Å². The Bertz CT molecular complexity index is 993. The van der Waals surface area contributed by atoms with E-state index in [4.69, 9.17) is 4.74 Å². The molecule has 4 rings (SSSR count). The number of benzene rings is 3. The van der Waals surface area contributed by atoms with E-state index in [1.54, 1.807) is 0 Å². The maximum atomic E-state index is 14.0. The van der Waals surface area contributed by atoms with E-state index in [0.717, 1.165) is 22.4 Å². The lowest BCUT2D eigenvalue weighted by Gasteiger charge is -2.40. The predicted molar refractivity (Wildman–Crippen MR) is 117 cm³/mol. The van der Waals surface area contributed by atoms with Gasteiger partial charge in [-0.3, -0.25) is 9.59 Å². The van der Waals surface area contributed by atoms with Gasteiger partial charge in [0.05, 0.1) is 18.9 Å². The highest BCUT2D eigenvalue weighted by atomic mass is 16.5. The number of hydrogen-bond acceptors (Lipinski definition) is 3. The van der Waals surface area contributed by atoms with Crippen LogP contribution in [-0.4, -0.2) is 25.0 Å². The van der Waals surface area contributed by atoms with Crippen molar-refractivity contribution in [1.29, 1.82) is 0 Å². The number of methoxy groups -OCH3 is 1. The number of ether oxygens (including phenoxy) is 1. The number of rotatable bonds is 4. The Kier molecular flexibility index (Phi) is 5.66. The van der Waals surface area contributed by atoms with Gasteiger partial charge in [0.2, 0.25) is 5.91 Å². The molecule has 0 aromatic heterocycles. The second-order valence-corrected chi connectivity index (χ2v) is 7.68. The van der Waals surface area contributed by atoms with Crippen molar-refractivity contribution in [1.82, 2.24) is 0 Å². The van der Waals surface area contributed by atoms with Gasteiger partial charge in [-0.1, -0.05) is 78.9 Å². The monoisotopic (exact) mass is 399 g/mol. The fraction of sp³-hybridized carbons (Fsp3) is 0.231. The molecule has 3 aromatic carbocycles. The van der Waals surface area contributed by atoms with Crippen LogP contribution < -0.4 is 4.90 Å². The van der Waals surface area contributed by atoms with E-state index in [-0.39, 0.29) is 23.8 Å². The van der Waals surface area contributed by atoms with Gasteiger partial charge >= 0.3 is 5.97 Å². The van der Waals surface area contributed by atoms with Crippen molar-refractivity contribution in [2.24, 2.45) is 0 Å². The smallest absolute Gasteiger partial charge is 0.313 e. The van der Waals surface area contributed by atoms with Gasteiger partial charge in [-0.05, 0) is 36.1 Å². The van der Waals surface area contributed by atoms with Crippen LogP contribution in [0.4, 0.5) is 5.69 Å². The van der Waals surface area contributed by atoms with Crippen molar-refractivity contribution in [2.75, 3.05) is 12.0 Å². The molecule has 2 unspecified atom stereocenters. The number of hydrogen-bond donors (Lipinski definition) is 0. The Hall–Kier alpha value is -3.40. The maximum Gasteiger partial charge on any atom is 0.313 e. The first-order chi connectivity index (χ1) is 14.6. The molecule has 30 heavy (non-hydrogen) atoms. The second kappa shape index (κ2) is 8.54. The molecule has 4 heteroatoms. The van der Waals surface area contributed by atoms with Gasteiger partial charge in [-0.25, -0.2) is 0 Å². The van der Waals surface area contributed by atoms with E-state index in [1.165, 1.54) is 7.11 Å². The van der Waals surface area contributed by atoms with Crippen LogP contribution in [0, 0.1) is 0 Å². The molecule has 0 N–H and O–H groups in total. The van der Waals surface area contributed by atoms with Crippen LogP contribution >= 0.6 is 0 Å². The number of fused-ring (bicyclic) bond motifs is 1. The summed E-state index contributed by atoms with van der Waals surface area (Å²) in [5, 5.41) is 0. The standard InChI is InChI=1S/C26H25NO3/c1-18-17-22(26(29)30-2)21-15-9-10-16-23(21)27(18)25(28)24(19-11-5-3-6-12-19)20-13-7-4-8-14-20/h3-16,18,22,24H,17H2,1-2H3. The molecule has 3 aromatic rings. The zero-order chi connectivity index (χ0) is 21.1. The molecule has 1 aliphatic heterocycles. The van der Waals surface area contributed by atoms with Crippen LogP contribution in [0.25, 0.3) is 0 Å². The fourth-order valence-corrected chi connectivity index (χ4v) is 4.42. The molecule has 0 radical (unpaired) electrons. The Balaban J connectivity index is 1.81. The summed E-state index contributed by atoms with van der Waals surface area (Å²) in [5.74, 6) is -1.03. The van der Waals surface area contributed by atoms with E-state index in [1.807, 2.05) is 96.8 Å². The Labute approximate surface area is 177 Å². The number of anilines is 1. The lowest BCUT2D eigenvalue weighted by Crippen LogP contribution is -2.46. The lowest BCUT2D eigenvalue weighted by molar-refractivity contribution is -0.143. The number of carbonyl (C=O) groups is 2. The highest BCUT2D eigenvalue weighted by Crippen LogP contribution is 2.41. The zero-order valence-electron chi connectivity index (χ0n) is 17.2. The number of para-hydroxylation sites is 1. The summed E-state index contributed by atoms with van der Waals surface area (Å²) in [6, 6.07) is 27.2. The Morgan fingerprint density at radius 1 is 0.867 bits per heavy atom. The third-order valence-electron chi connectivity index (χ3n) is 5.83. The molecule has 0 spiro atoms. The maximum absolute atomic E-state index is 14.0. The molecule has 1 amide bonds. The lowest BCUT2D eigenvalue weighted by atomic mass is 9.83. The summed E-state index contributed by atoms with van der Waals surface area (Å²) in [4.78, 5) is 28.3. The molecular formula is C26H25NO3. The van der Waals surface area contributed by atoms with Crippen molar-refractivity contribution < 1.29 is 14.3 Å². The number of nitrogens with zero attached hydrogens (tertiary/aromatic N) is 1. The van der Waals surface area contributed by atoms with Crippen LogP contribution in [0.15, 0.2) is 84.9 Å². The van der Waals surface area contributed by atoms with Gasteiger partial charge < -0.3 is 9.64 Å². The molecule has 1 aliphatic rings. The summed E-state index contributed by atoms with van der Waals surface area (Å²) >= 11 is 0. The van der Waals surface area contributed by atoms with Crippen molar-refractivity contribution in [3.05, 3.63) is 102 Å². The van der Waals surface area contributed by atoms with Crippen LogP contribution in [0.1, 0.15) is 41.9 Å². The average molecular weight is 399 g/mol. The number of carbonyl (C=O) groups excluding carboxylic acids is 2. The molecule has 4 nitrogen and oxygen atoms in total. The molecule has 2 atom stereocenters.